The van der Waals surface area contributed by atoms with Crippen LogP contribution in [0.3, 0.4) is 0 Å². The van der Waals surface area contributed by atoms with Crippen LogP contribution >= 0.6 is 0 Å². The van der Waals surface area contributed by atoms with Crippen LogP contribution in [0.25, 0.3) is 0 Å². The van der Waals surface area contributed by atoms with Gasteiger partial charge in [-0.25, -0.2) is 0 Å². The fourth-order valence-corrected chi connectivity index (χ4v) is 2.17. The standard InChI is InChI=1S/C20H34O3/c1-2-3-4-5-6-7-8-9-10-13-16-19(21)17-14-11-12-15-18-20(22)23/h6-7,9-11,14,19,21H,2-5,8,12-13,15-18H2,1H3,(H,22,23)/b7-6-,10-9-,14-11-. The van der Waals surface area contributed by atoms with Gasteiger partial charge in [0.2, 0.25) is 0 Å². The molecule has 0 aliphatic heterocycles. The van der Waals surface area contributed by atoms with Crippen molar-refractivity contribution in [1.29, 1.82) is 0 Å². The highest BCUT2D eigenvalue weighted by Crippen LogP contribution is 2.06. The topological polar surface area (TPSA) is 57.5 Å². The number of allylic oxidation sites excluding steroid dienone is 5. The first kappa shape index (κ1) is 21.6. The first-order valence-corrected chi connectivity index (χ1v) is 9.01. The Morgan fingerprint density at radius 3 is 2.26 bits per heavy atom. The van der Waals surface area contributed by atoms with Crippen LogP contribution in [-0.2, 0) is 4.79 Å². The lowest BCUT2D eigenvalue weighted by molar-refractivity contribution is -0.137. The Morgan fingerprint density at radius 2 is 1.57 bits per heavy atom. The monoisotopic (exact) mass is 322 g/mol. The molecule has 1 atom stereocenters. The highest BCUT2D eigenvalue weighted by Gasteiger charge is 1.99. The zero-order chi connectivity index (χ0) is 17.2. The summed E-state index contributed by atoms with van der Waals surface area (Å²) in [6.07, 6.45) is 22.4. The minimum Gasteiger partial charge on any atom is -0.481 e. The minimum atomic E-state index is -0.749. The van der Waals surface area contributed by atoms with E-state index < -0.39 is 5.97 Å². The van der Waals surface area contributed by atoms with Gasteiger partial charge in [-0.2, -0.15) is 0 Å². The van der Waals surface area contributed by atoms with Crippen LogP contribution in [0, 0.1) is 0 Å². The summed E-state index contributed by atoms with van der Waals surface area (Å²) in [5.41, 5.74) is 0. The Morgan fingerprint density at radius 1 is 0.913 bits per heavy atom. The number of unbranched alkanes of at least 4 members (excludes halogenated alkanes) is 4. The van der Waals surface area contributed by atoms with Gasteiger partial charge in [-0.1, -0.05) is 56.2 Å². The molecule has 0 radical (unpaired) electrons. The molecular formula is C20H34O3. The normalized spacial score (nSPS) is 13.5. The van der Waals surface area contributed by atoms with Gasteiger partial charge < -0.3 is 10.2 Å². The lowest BCUT2D eigenvalue weighted by Crippen LogP contribution is -2.03. The van der Waals surface area contributed by atoms with E-state index in [4.69, 9.17) is 5.11 Å². The van der Waals surface area contributed by atoms with Crippen molar-refractivity contribution in [3.8, 4) is 0 Å². The molecule has 0 aromatic heterocycles. The van der Waals surface area contributed by atoms with Crippen molar-refractivity contribution in [2.24, 2.45) is 0 Å². The van der Waals surface area contributed by atoms with Crippen molar-refractivity contribution in [3.05, 3.63) is 36.5 Å². The fraction of sp³-hybridized carbons (Fsp3) is 0.650. The van der Waals surface area contributed by atoms with Crippen molar-refractivity contribution in [1.82, 2.24) is 0 Å². The van der Waals surface area contributed by atoms with Crippen molar-refractivity contribution >= 4 is 5.97 Å². The Hall–Kier alpha value is -1.35. The Labute approximate surface area is 141 Å². The van der Waals surface area contributed by atoms with Crippen molar-refractivity contribution < 1.29 is 15.0 Å². The smallest absolute Gasteiger partial charge is 0.303 e. The molecule has 0 fully saturated rings. The number of aliphatic hydroxyl groups excluding tert-OH is 1. The van der Waals surface area contributed by atoms with E-state index in [1.807, 2.05) is 12.2 Å². The first-order chi connectivity index (χ1) is 11.2. The fourth-order valence-electron chi connectivity index (χ4n) is 2.17. The SMILES string of the molecule is CCCCC/C=C\C/C=C\CCC(O)C/C=C\CCCC(=O)O. The number of aliphatic carboxylic acids is 1. The molecule has 132 valence electrons. The van der Waals surface area contributed by atoms with E-state index in [9.17, 15) is 9.90 Å². The molecule has 0 spiro atoms. The highest BCUT2D eigenvalue weighted by molar-refractivity contribution is 5.66. The summed E-state index contributed by atoms with van der Waals surface area (Å²) >= 11 is 0. The predicted molar refractivity (Wildman–Crippen MR) is 97.5 cm³/mol. The second kappa shape index (κ2) is 17.0. The third kappa shape index (κ3) is 18.6. The third-order valence-corrected chi connectivity index (χ3v) is 3.58. The lowest BCUT2D eigenvalue weighted by atomic mass is 10.1. The molecule has 0 saturated carbocycles. The van der Waals surface area contributed by atoms with Crippen LogP contribution in [0.4, 0.5) is 0 Å². The molecule has 2 N–H and O–H groups in total. The number of carboxylic acid groups (broad SMARTS) is 1. The van der Waals surface area contributed by atoms with Crippen LogP contribution < -0.4 is 0 Å². The van der Waals surface area contributed by atoms with Crippen molar-refractivity contribution in [3.63, 3.8) is 0 Å². The lowest BCUT2D eigenvalue weighted by Gasteiger charge is -2.04. The molecule has 0 bridgehead atoms. The third-order valence-electron chi connectivity index (χ3n) is 3.58. The summed E-state index contributed by atoms with van der Waals surface area (Å²) in [5, 5.41) is 18.3. The molecule has 3 nitrogen and oxygen atoms in total. The second-order valence-corrected chi connectivity index (χ2v) is 5.90. The summed E-state index contributed by atoms with van der Waals surface area (Å²) in [4.78, 5) is 10.3. The zero-order valence-corrected chi connectivity index (χ0v) is 14.6. The summed E-state index contributed by atoms with van der Waals surface area (Å²) in [6.45, 7) is 2.22. The van der Waals surface area contributed by atoms with E-state index in [0.717, 1.165) is 25.7 Å². The predicted octanol–water partition coefficient (Wildman–Crippen LogP) is 5.41. The van der Waals surface area contributed by atoms with E-state index in [1.165, 1.54) is 25.7 Å². The minimum absolute atomic E-state index is 0.213. The number of carbonyl (C=O) groups is 1. The molecule has 1 unspecified atom stereocenters. The van der Waals surface area contributed by atoms with Crippen LogP contribution in [0.2, 0.25) is 0 Å². The van der Waals surface area contributed by atoms with Gasteiger partial charge in [0.15, 0.2) is 0 Å². The van der Waals surface area contributed by atoms with Crippen LogP contribution in [0.15, 0.2) is 36.5 Å². The van der Waals surface area contributed by atoms with Gasteiger partial charge in [-0.05, 0) is 51.4 Å². The molecule has 0 amide bonds. The molecule has 0 aromatic carbocycles. The number of carboxylic acids is 1. The van der Waals surface area contributed by atoms with Crippen molar-refractivity contribution in [2.75, 3.05) is 0 Å². The van der Waals surface area contributed by atoms with Gasteiger partial charge in [0.25, 0.3) is 0 Å². The van der Waals surface area contributed by atoms with Crippen LogP contribution in [0.5, 0.6) is 0 Å². The van der Waals surface area contributed by atoms with Gasteiger partial charge in [0, 0.05) is 6.42 Å². The Balaban J connectivity index is 3.47. The maximum absolute atomic E-state index is 10.3. The Bertz CT molecular complexity index is 356. The van der Waals surface area contributed by atoms with E-state index in [0.29, 0.717) is 12.8 Å². The van der Waals surface area contributed by atoms with Crippen molar-refractivity contribution in [2.45, 2.75) is 83.7 Å². The molecule has 0 saturated heterocycles. The largest absolute Gasteiger partial charge is 0.481 e. The van der Waals surface area contributed by atoms with Gasteiger partial charge in [0.1, 0.15) is 0 Å². The Kier molecular flexibility index (Phi) is 16.0. The summed E-state index contributed by atoms with van der Waals surface area (Å²) in [5.74, 6) is -0.749. The van der Waals surface area contributed by atoms with E-state index in [1.54, 1.807) is 0 Å². The van der Waals surface area contributed by atoms with E-state index in [-0.39, 0.29) is 12.5 Å². The van der Waals surface area contributed by atoms with Gasteiger partial charge in [-0.15, -0.1) is 0 Å². The average Bonchev–Trinajstić information content (AvgIpc) is 2.52. The average molecular weight is 322 g/mol. The summed E-state index contributed by atoms with van der Waals surface area (Å²) in [7, 11) is 0. The van der Waals surface area contributed by atoms with Crippen LogP contribution in [-0.4, -0.2) is 22.3 Å². The molecule has 0 aliphatic carbocycles. The number of hydrogen-bond acceptors (Lipinski definition) is 2. The summed E-state index contributed by atoms with van der Waals surface area (Å²) < 4.78 is 0. The van der Waals surface area contributed by atoms with E-state index in [2.05, 4.69) is 31.2 Å². The second-order valence-electron chi connectivity index (χ2n) is 5.90. The molecule has 0 heterocycles. The first-order valence-electron chi connectivity index (χ1n) is 9.01. The number of hydrogen-bond donors (Lipinski definition) is 2. The van der Waals surface area contributed by atoms with Gasteiger partial charge >= 0.3 is 5.97 Å². The maximum atomic E-state index is 10.3. The molecule has 0 aromatic rings. The van der Waals surface area contributed by atoms with Crippen LogP contribution in [0.1, 0.15) is 77.6 Å². The zero-order valence-electron chi connectivity index (χ0n) is 14.6. The number of aliphatic hydroxyl groups is 1. The molecule has 0 aliphatic rings. The van der Waals surface area contributed by atoms with E-state index >= 15 is 0 Å². The van der Waals surface area contributed by atoms with Gasteiger partial charge in [0.05, 0.1) is 6.10 Å². The molecule has 3 heteroatoms. The molecular weight excluding hydrogens is 288 g/mol. The molecule has 23 heavy (non-hydrogen) atoms. The maximum Gasteiger partial charge on any atom is 0.303 e. The summed E-state index contributed by atoms with van der Waals surface area (Å²) in [6, 6.07) is 0. The number of rotatable bonds is 15. The quantitative estimate of drug-likeness (QED) is 0.313. The van der Waals surface area contributed by atoms with Gasteiger partial charge in [-0.3, -0.25) is 4.79 Å². The molecule has 0 rings (SSSR count). The highest BCUT2D eigenvalue weighted by atomic mass is 16.4.